The van der Waals surface area contributed by atoms with Crippen molar-refractivity contribution < 1.29 is 19.0 Å². The van der Waals surface area contributed by atoms with Crippen molar-refractivity contribution in [3.8, 4) is 5.75 Å². The van der Waals surface area contributed by atoms with Crippen molar-refractivity contribution in [1.29, 1.82) is 0 Å². The maximum atomic E-state index is 12.7. The molecule has 0 saturated carbocycles. The molecular formula is C19H26N4O4S. The first kappa shape index (κ1) is 19.2. The van der Waals surface area contributed by atoms with Crippen LogP contribution in [-0.2, 0) is 9.47 Å². The fraction of sp³-hybridized carbons (Fsp3) is 0.579. The molecule has 3 heterocycles. The van der Waals surface area contributed by atoms with E-state index in [0.717, 1.165) is 41.8 Å². The van der Waals surface area contributed by atoms with Crippen LogP contribution in [0.25, 0.3) is 10.2 Å². The first-order valence-electron chi connectivity index (χ1n) is 9.58. The summed E-state index contributed by atoms with van der Waals surface area (Å²) in [5, 5.41) is 3.56. The Balaban J connectivity index is 1.55. The van der Waals surface area contributed by atoms with Gasteiger partial charge in [0.1, 0.15) is 11.3 Å². The van der Waals surface area contributed by atoms with Gasteiger partial charge in [0.25, 0.3) is 0 Å². The number of hydrogen-bond acceptors (Lipinski definition) is 7. The highest BCUT2D eigenvalue weighted by molar-refractivity contribution is 7.23. The zero-order valence-electron chi connectivity index (χ0n) is 16.3. The Morgan fingerprint density at radius 2 is 1.96 bits per heavy atom. The summed E-state index contributed by atoms with van der Waals surface area (Å²) in [6, 6.07) is 3.89. The summed E-state index contributed by atoms with van der Waals surface area (Å²) in [5.74, 6) is 0.713. The van der Waals surface area contributed by atoms with Gasteiger partial charge in [-0.15, -0.1) is 0 Å². The summed E-state index contributed by atoms with van der Waals surface area (Å²) in [5.41, 5.74) is 1.89. The number of anilines is 2. The Labute approximate surface area is 168 Å². The van der Waals surface area contributed by atoms with E-state index in [1.807, 2.05) is 11.0 Å². The second-order valence-electron chi connectivity index (χ2n) is 6.94. The van der Waals surface area contributed by atoms with Gasteiger partial charge >= 0.3 is 6.03 Å². The third kappa shape index (κ3) is 3.87. The lowest BCUT2D eigenvalue weighted by atomic mass is 10.1. The molecule has 2 aliphatic rings. The predicted octanol–water partition coefficient (Wildman–Crippen LogP) is 2.78. The van der Waals surface area contributed by atoms with Crippen molar-refractivity contribution in [2.24, 2.45) is 0 Å². The maximum absolute atomic E-state index is 12.7. The Kier molecular flexibility index (Phi) is 5.84. The number of methoxy groups -OCH3 is 2. The first-order valence-corrected chi connectivity index (χ1v) is 10.4. The number of hydrogen-bond donors (Lipinski definition) is 1. The van der Waals surface area contributed by atoms with E-state index in [9.17, 15) is 4.79 Å². The van der Waals surface area contributed by atoms with Gasteiger partial charge in [0, 0.05) is 33.3 Å². The third-order valence-corrected chi connectivity index (χ3v) is 6.33. The van der Waals surface area contributed by atoms with Crippen molar-refractivity contribution >= 4 is 38.4 Å². The molecule has 2 fully saturated rings. The molecule has 0 atom stereocenters. The van der Waals surface area contributed by atoms with Crippen molar-refractivity contribution in [3.63, 3.8) is 0 Å². The molecule has 0 unspecified atom stereocenters. The molecule has 2 amide bonds. The summed E-state index contributed by atoms with van der Waals surface area (Å²) in [4.78, 5) is 21.4. The molecule has 4 rings (SSSR count). The minimum Gasteiger partial charge on any atom is -0.494 e. The Hall–Kier alpha value is -2.10. The van der Waals surface area contributed by atoms with E-state index >= 15 is 0 Å². The quantitative estimate of drug-likeness (QED) is 0.842. The van der Waals surface area contributed by atoms with Crippen LogP contribution in [0.3, 0.4) is 0 Å². The van der Waals surface area contributed by atoms with Crippen LogP contribution in [0.4, 0.5) is 15.6 Å². The van der Waals surface area contributed by atoms with E-state index in [-0.39, 0.29) is 12.1 Å². The normalized spacial score (nSPS) is 18.5. The molecule has 0 spiro atoms. The average Bonchev–Trinajstić information content (AvgIpc) is 3.17. The van der Waals surface area contributed by atoms with Crippen LogP contribution in [0.2, 0.25) is 0 Å². The molecule has 28 heavy (non-hydrogen) atoms. The summed E-state index contributed by atoms with van der Waals surface area (Å²) in [7, 11) is 3.36. The van der Waals surface area contributed by atoms with Gasteiger partial charge in [-0.3, -0.25) is 5.32 Å². The Morgan fingerprint density at radius 3 is 2.64 bits per heavy atom. The van der Waals surface area contributed by atoms with Crippen molar-refractivity contribution in [3.05, 3.63) is 12.1 Å². The smallest absolute Gasteiger partial charge is 0.323 e. The van der Waals surface area contributed by atoms with Crippen LogP contribution in [0.1, 0.15) is 12.8 Å². The zero-order chi connectivity index (χ0) is 19.5. The highest BCUT2D eigenvalue weighted by atomic mass is 32.1. The van der Waals surface area contributed by atoms with E-state index in [4.69, 9.17) is 14.2 Å². The van der Waals surface area contributed by atoms with Crippen LogP contribution in [0.15, 0.2) is 12.1 Å². The molecular weight excluding hydrogens is 380 g/mol. The molecule has 8 nitrogen and oxygen atoms in total. The Bertz CT molecular complexity index is 829. The number of likely N-dealkylation sites (tertiary alicyclic amines) is 1. The van der Waals surface area contributed by atoms with Crippen LogP contribution < -0.4 is 15.0 Å². The molecule has 0 radical (unpaired) electrons. The largest absolute Gasteiger partial charge is 0.494 e. The van der Waals surface area contributed by atoms with Gasteiger partial charge in [0.05, 0.1) is 36.8 Å². The molecule has 2 aliphatic heterocycles. The molecule has 1 aromatic heterocycles. The third-order valence-electron chi connectivity index (χ3n) is 5.33. The van der Waals surface area contributed by atoms with Crippen LogP contribution in [0, 0.1) is 0 Å². The number of urea groups is 1. The lowest BCUT2D eigenvalue weighted by Gasteiger charge is -2.30. The van der Waals surface area contributed by atoms with Crippen molar-refractivity contribution in [2.75, 3.05) is 63.8 Å². The standard InChI is InChI=1S/C19H26N4O4S/c1-25-13-5-7-23(8-6-13)19(24)21-18-20-16-15(26-2)4-3-14(17(16)28-18)22-9-11-27-12-10-22/h3-4,13H,5-12H2,1-2H3,(H,20,21,24). The summed E-state index contributed by atoms with van der Waals surface area (Å²) in [6.45, 7) is 4.50. The van der Waals surface area contributed by atoms with Gasteiger partial charge < -0.3 is 24.0 Å². The molecule has 0 aliphatic carbocycles. The van der Waals surface area contributed by atoms with E-state index in [0.29, 0.717) is 37.2 Å². The highest BCUT2D eigenvalue weighted by Crippen LogP contribution is 2.39. The number of ether oxygens (including phenoxy) is 3. The molecule has 2 aromatic rings. The van der Waals surface area contributed by atoms with E-state index in [1.165, 1.54) is 11.3 Å². The zero-order valence-corrected chi connectivity index (χ0v) is 17.1. The second kappa shape index (κ2) is 8.50. The fourth-order valence-electron chi connectivity index (χ4n) is 3.71. The van der Waals surface area contributed by atoms with Crippen molar-refractivity contribution in [2.45, 2.75) is 18.9 Å². The van der Waals surface area contributed by atoms with Gasteiger partial charge in [-0.1, -0.05) is 11.3 Å². The topological polar surface area (TPSA) is 76.2 Å². The number of nitrogens with zero attached hydrogens (tertiary/aromatic N) is 3. The van der Waals surface area contributed by atoms with Gasteiger partial charge in [-0.25, -0.2) is 9.78 Å². The van der Waals surface area contributed by atoms with Gasteiger partial charge in [-0.2, -0.15) is 0 Å². The second-order valence-corrected chi connectivity index (χ2v) is 7.93. The van der Waals surface area contributed by atoms with Crippen LogP contribution in [-0.4, -0.2) is 75.6 Å². The van der Waals surface area contributed by atoms with Gasteiger partial charge in [-0.05, 0) is 25.0 Å². The molecule has 152 valence electrons. The summed E-state index contributed by atoms with van der Waals surface area (Å²) in [6.07, 6.45) is 1.96. The van der Waals surface area contributed by atoms with Crippen molar-refractivity contribution in [1.82, 2.24) is 9.88 Å². The van der Waals surface area contributed by atoms with Crippen LogP contribution >= 0.6 is 11.3 Å². The molecule has 0 bridgehead atoms. The van der Waals surface area contributed by atoms with Gasteiger partial charge in [0.15, 0.2) is 5.13 Å². The maximum Gasteiger partial charge on any atom is 0.323 e. The Morgan fingerprint density at radius 1 is 1.21 bits per heavy atom. The number of aromatic nitrogens is 1. The number of morpholine rings is 1. The lowest BCUT2D eigenvalue weighted by molar-refractivity contribution is 0.0521. The molecule has 1 aromatic carbocycles. The number of piperidine rings is 1. The fourth-order valence-corrected chi connectivity index (χ4v) is 4.72. The van der Waals surface area contributed by atoms with Crippen LogP contribution in [0.5, 0.6) is 5.75 Å². The van der Waals surface area contributed by atoms with E-state index < -0.39 is 0 Å². The summed E-state index contributed by atoms with van der Waals surface area (Å²) < 4.78 is 17.4. The molecule has 9 heteroatoms. The molecule has 2 saturated heterocycles. The predicted molar refractivity (Wildman–Crippen MR) is 110 cm³/mol. The highest BCUT2D eigenvalue weighted by Gasteiger charge is 2.24. The number of carbonyl (C=O) groups is 1. The number of fused-ring (bicyclic) bond motifs is 1. The minimum atomic E-state index is -0.111. The number of benzene rings is 1. The monoisotopic (exact) mass is 406 g/mol. The number of rotatable bonds is 4. The number of thiazole rings is 1. The lowest BCUT2D eigenvalue weighted by Crippen LogP contribution is -2.42. The molecule has 1 N–H and O–H groups in total. The SMILES string of the molecule is COc1ccc(N2CCOCC2)c2sc(NC(=O)N3CCC(OC)CC3)nc12. The van der Waals surface area contributed by atoms with E-state index in [1.54, 1.807) is 14.2 Å². The van der Waals surface area contributed by atoms with Gasteiger partial charge in [0.2, 0.25) is 0 Å². The van der Waals surface area contributed by atoms with E-state index in [2.05, 4.69) is 21.3 Å². The first-order chi connectivity index (χ1) is 13.7. The minimum absolute atomic E-state index is 0.111. The number of nitrogens with one attached hydrogen (secondary N) is 1. The summed E-state index contributed by atoms with van der Waals surface area (Å²) >= 11 is 1.49. The number of amides is 2. The number of carbonyl (C=O) groups excluding carboxylic acids is 1. The average molecular weight is 407 g/mol.